The van der Waals surface area contributed by atoms with E-state index in [1.54, 1.807) is 0 Å². The van der Waals surface area contributed by atoms with Gasteiger partial charge in [0, 0.05) is 12.1 Å². The lowest BCUT2D eigenvalue weighted by Gasteiger charge is -2.26. The van der Waals surface area contributed by atoms with Crippen molar-refractivity contribution in [2.24, 2.45) is 0 Å². The molecule has 138 valence electrons. The van der Waals surface area contributed by atoms with Crippen molar-refractivity contribution in [1.82, 2.24) is 4.90 Å². The van der Waals surface area contributed by atoms with Crippen LogP contribution >= 0.6 is 0 Å². The normalized spacial score (nSPS) is 17.5. The minimum absolute atomic E-state index is 0.116. The molecule has 1 aliphatic heterocycles. The van der Waals surface area contributed by atoms with Gasteiger partial charge in [-0.2, -0.15) is 0 Å². The summed E-state index contributed by atoms with van der Waals surface area (Å²) in [6, 6.07) is 16.4. The van der Waals surface area contributed by atoms with Crippen LogP contribution in [0.3, 0.4) is 0 Å². The van der Waals surface area contributed by atoms with E-state index in [0.717, 1.165) is 36.9 Å². The van der Waals surface area contributed by atoms with Crippen molar-refractivity contribution < 1.29 is 9.90 Å². The molecule has 26 heavy (non-hydrogen) atoms. The molecule has 0 aromatic heterocycles. The topological polar surface area (TPSA) is 40.5 Å². The molecule has 1 amide bonds. The molecule has 0 spiro atoms. The maximum absolute atomic E-state index is 13.1. The van der Waals surface area contributed by atoms with Crippen molar-refractivity contribution in [2.75, 3.05) is 6.54 Å². The summed E-state index contributed by atoms with van der Waals surface area (Å²) in [4.78, 5) is 15.1. The molecule has 2 aromatic rings. The highest BCUT2D eigenvalue weighted by atomic mass is 16.3. The number of nitrogens with zero attached hydrogens (tertiary/aromatic N) is 1. The molecular formula is C23H29NO2. The number of hydrogen-bond donors (Lipinski definition) is 1. The van der Waals surface area contributed by atoms with Crippen molar-refractivity contribution in [3.05, 3.63) is 70.8 Å². The molecule has 1 aliphatic rings. The lowest BCUT2D eigenvalue weighted by atomic mass is 9.97. The molecular weight excluding hydrogens is 322 g/mol. The first-order chi connectivity index (χ1) is 12.3. The summed E-state index contributed by atoms with van der Waals surface area (Å²) in [6.07, 6.45) is 3.60. The molecule has 1 heterocycles. The van der Waals surface area contributed by atoms with Gasteiger partial charge in [-0.3, -0.25) is 4.79 Å². The Morgan fingerprint density at radius 1 is 1.15 bits per heavy atom. The summed E-state index contributed by atoms with van der Waals surface area (Å²) in [6.45, 7) is 6.58. The third-order valence-electron chi connectivity index (χ3n) is 5.29. The number of benzene rings is 2. The maximum Gasteiger partial charge on any atom is 0.254 e. The lowest BCUT2D eigenvalue weighted by molar-refractivity contribution is 0.0710. The first kappa shape index (κ1) is 18.7. The number of likely N-dealkylation sites (tertiary alicyclic amines) is 1. The molecule has 0 aliphatic carbocycles. The number of carbonyl (C=O) groups excluding carboxylic acids is 1. The summed E-state index contributed by atoms with van der Waals surface area (Å²) in [5.74, 6) is 0.116. The van der Waals surface area contributed by atoms with Crippen molar-refractivity contribution in [1.29, 1.82) is 0 Å². The van der Waals surface area contributed by atoms with Gasteiger partial charge in [0.25, 0.3) is 5.91 Å². The zero-order chi connectivity index (χ0) is 18.7. The van der Waals surface area contributed by atoms with E-state index in [1.165, 1.54) is 11.1 Å². The minimum atomic E-state index is -0.662. The SMILES string of the molecule is Cc1ccccc1[C@H]1CCCN1C(=O)c1ccc(CCC(C)(C)O)cc1. The van der Waals surface area contributed by atoms with E-state index >= 15 is 0 Å². The van der Waals surface area contributed by atoms with Crippen LogP contribution in [0, 0.1) is 6.92 Å². The summed E-state index contributed by atoms with van der Waals surface area (Å²) in [5.41, 5.74) is 3.75. The standard InChI is InChI=1S/C23H29NO2/c1-17-7-4-5-8-20(17)21-9-6-16-24(21)22(25)19-12-10-18(11-13-19)14-15-23(2,3)26/h4-5,7-8,10-13,21,26H,6,9,14-16H2,1-3H3/t21-/m1/s1. The molecule has 0 radical (unpaired) electrons. The Morgan fingerprint density at radius 3 is 2.50 bits per heavy atom. The van der Waals surface area contributed by atoms with Gasteiger partial charge in [0.1, 0.15) is 0 Å². The van der Waals surface area contributed by atoms with E-state index in [4.69, 9.17) is 0 Å². The van der Waals surface area contributed by atoms with Gasteiger partial charge >= 0.3 is 0 Å². The molecule has 1 fully saturated rings. The summed E-state index contributed by atoms with van der Waals surface area (Å²) in [7, 11) is 0. The predicted molar refractivity (Wildman–Crippen MR) is 105 cm³/mol. The largest absolute Gasteiger partial charge is 0.390 e. The van der Waals surface area contributed by atoms with Crippen LogP contribution in [0.2, 0.25) is 0 Å². The van der Waals surface area contributed by atoms with Crippen LogP contribution in [0.15, 0.2) is 48.5 Å². The number of amides is 1. The molecule has 0 unspecified atom stereocenters. The van der Waals surface area contributed by atoms with Crippen LogP contribution < -0.4 is 0 Å². The second-order valence-electron chi connectivity index (χ2n) is 8.02. The highest BCUT2D eigenvalue weighted by Crippen LogP contribution is 2.34. The van der Waals surface area contributed by atoms with Gasteiger partial charge in [-0.1, -0.05) is 36.4 Å². The fraction of sp³-hybridized carbons (Fsp3) is 0.435. The van der Waals surface area contributed by atoms with E-state index in [2.05, 4.69) is 25.1 Å². The number of hydrogen-bond acceptors (Lipinski definition) is 2. The van der Waals surface area contributed by atoms with Crippen LogP contribution in [0.25, 0.3) is 0 Å². The third kappa shape index (κ3) is 4.34. The fourth-order valence-corrected chi connectivity index (χ4v) is 3.72. The Bertz CT molecular complexity index is 759. The molecule has 3 heteroatoms. The van der Waals surface area contributed by atoms with Crippen LogP contribution in [0.1, 0.15) is 66.2 Å². The lowest BCUT2D eigenvalue weighted by Crippen LogP contribution is -2.30. The van der Waals surface area contributed by atoms with Gasteiger partial charge in [0.2, 0.25) is 0 Å². The van der Waals surface area contributed by atoms with E-state index in [-0.39, 0.29) is 11.9 Å². The van der Waals surface area contributed by atoms with Gasteiger partial charge in [0.05, 0.1) is 11.6 Å². The second-order valence-corrected chi connectivity index (χ2v) is 8.02. The molecule has 2 aromatic carbocycles. The van der Waals surface area contributed by atoms with Gasteiger partial charge in [0.15, 0.2) is 0 Å². The average molecular weight is 351 g/mol. The highest BCUT2D eigenvalue weighted by Gasteiger charge is 2.31. The van der Waals surface area contributed by atoms with E-state index in [0.29, 0.717) is 6.42 Å². The molecule has 1 N–H and O–H groups in total. The number of aliphatic hydroxyl groups is 1. The molecule has 1 saturated heterocycles. The van der Waals surface area contributed by atoms with Crippen LogP contribution in [-0.4, -0.2) is 28.1 Å². The Hall–Kier alpha value is -2.13. The van der Waals surface area contributed by atoms with Crippen molar-refractivity contribution in [2.45, 2.75) is 58.1 Å². The van der Waals surface area contributed by atoms with E-state index in [1.807, 2.05) is 49.1 Å². The average Bonchev–Trinajstić information content (AvgIpc) is 3.09. The van der Waals surface area contributed by atoms with Crippen LogP contribution in [-0.2, 0) is 6.42 Å². The summed E-state index contributed by atoms with van der Waals surface area (Å²) in [5, 5.41) is 9.86. The highest BCUT2D eigenvalue weighted by molar-refractivity contribution is 5.94. The van der Waals surface area contributed by atoms with Gasteiger partial charge in [-0.15, -0.1) is 0 Å². The Labute approximate surface area is 156 Å². The Balaban J connectivity index is 1.73. The molecule has 0 bridgehead atoms. The van der Waals surface area contributed by atoms with Crippen LogP contribution in [0.5, 0.6) is 0 Å². The third-order valence-corrected chi connectivity index (χ3v) is 5.29. The summed E-state index contributed by atoms with van der Waals surface area (Å²) >= 11 is 0. The minimum Gasteiger partial charge on any atom is -0.390 e. The first-order valence-electron chi connectivity index (χ1n) is 9.53. The maximum atomic E-state index is 13.1. The monoisotopic (exact) mass is 351 g/mol. The zero-order valence-corrected chi connectivity index (χ0v) is 16.0. The quantitative estimate of drug-likeness (QED) is 0.850. The Morgan fingerprint density at radius 2 is 1.85 bits per heavy atom. The second kappa shape index (κ2) is 7.63. The van der Waals surface area contributed by atoms with Gasteiger partial charge in [-0.05, 0) is 75.3 Å². The van der Waals surface area contributed by atoms with Crippen LogP contribution in [0.4, 0.5) is 0 Å². The molecule has 3 rings (SSSR count). The fourth-order valence-electron chi connectivity index (χ4n) is 3.72. The van der Waals surface area contributed by atoms with E-state index < -0.39 is 5.60 Å². The number of aryl methyl sites for hydroxylation is 2. The molecule has 1 atom stereocenters. The molecule has 0 saturated carbocycles. The number of rotatable bonds is 5. The zero-order valence-electron chi connectivity index (χ0n) is 16.0. The van der Waals surface area contributed by atoms with Crippen molar-refractivity contribution >= 4 is 5.91 Å². The molecule has 3 nitrogen and oxygen atoms in total. The predicted octanol–water partition coefficient (Wildman–Crippen LogP) is 4.68. The Kier molecular flexibility index (Phi) is 5.47. The van der Waals surface area contributed by atoms with Gasteiger partial charge in [-0.25, -0.2) is 0 Å². The smallest absolute Gasteiger partial charge is 0.254 e. The van der Waals surface area contributed by atoms with Crippen molar-refractivity contribution in [3.8, 4) is 0 Å². The van der Waals surface area contributed by atoms with E-state index in [9.17, 15) is 9.90 Å². The van der Waals surface area contributed by atoms with Gasteiger partial charge < -0.3 is 10.0 Å². The number of carbonyl (C=O) groups is 1. The summed E-state index contributed by atoms with van der Waals surface area (Å²) < 4.78 is 0. The van der Waals surface area contributed by atoms with Crippen molar-refractivity contribution in [3.63, 3.8) is 0 Å². The first-order valence-corrected chi connectivity index (χ1v) is 9.53.